The molecule has 0 aliphatic carbocycles. The predicted molar refractivity (Wildman–Crippen MR) is 104 cm³/mol. The van der Waals surface area contributed by atoms with Crippen LogP contribution in [0.4, 0.5) is 0 Å². The second kappa shape index (κ2) is 26.0. The van der Waals surface area contributed by atoms with Gasteiger partial charge in [0.2, 0.25) is 0 Å². The third-order valence-corrected chi connectivity index (χ3v) is 3.08. The Bertz CT molecular complexity index is 349. The molecule has 0 saturated heterocycles. The van der Waals surface area contributed by atoms with E-state index in [0.717, 1.165) is 0 Å². The van der Waals surface area contributed by atoms with Crippen LogP contribution in [-0.4, -0.2) is 106 Å². The minimum Gasteiger partial charge on any atom is -0.379 e. The molecule has 0 aromatic rings. The van der Waals surface area contributed by atoms with Gasteiger partial charge in [0, 0.05) is 12.7 Å². The summed E-state index contributed by atoms with van der Waals surface area (Å²) in [4.78, 5) is 0. The van der Waals surface area contributed by atoms with Crippen LogP contribution >= 0.6 is 0 Å². The van der Waals surface area contributed by atoms with Crippen molar-refractivity contribution in [2.45, 2.75) is 6.92 Å². The van der Waals surface area contributed by atoms with E-state index in [1.165, 1.54) is 0 Å². The third-order valence-electron chi connectivity index (χ3n) is 3.08. The van der Waals surface area contributed by atoms with E-state index >= 15 is 0 Å². The first-order valence-electron chi connectivity index (χ1n) is 9.72. The number of nitrogens with two attached hydrogens (primary N) is 1. The zero-order chi connectivity index (χ0) is 20.4. The Kier molecular flexibility index (Phi) is 25.1. The number of hydrogen-bond donors (Lipinski definition) is 1. The van der Waals surface area contributed by atoms with Crippen LogP contribution in [0.1, 0.15) is 6.92 Å². The lowest BCUT2D eigenvalue weighted by Gasteiger charge is -2.08. The highest BCUT2D eigenvalue weighted by atomic mass is 16.6. The fourth-order valence-corrected chi connectivity index (χ4v) is 1.75. The highest BCUT2D eigenvalue weighted by Gasteiger charge is 1.94. The molecule has 2 N–H and O–H groups in total. The maximum atomic E-state index is 5.40. The molecule has 0 saturated carbocycles. The first kappa shape index (κ1) is 27.0. The predicted octanol–water partition coefficient (Wildman–Crippen LogP) is 0.0587. The van der Waals surface area contributed by atoms with Crippen molar-refractivity contribution in [2.75, 3.05) is 106 Å². The van der Waals surface area contributed by atoms with Crippen LogP contribution in [0.3, 0.4) is 0 Å². The van der Waals surface area contributed by atoms with E-state index in [2.05, 4.69) is 12.0 Å². The maximum absolute atomic E-state index is 5.40. The quantitative estimate of drug-likeness (QED) is 0.143. The van der Waals surface area contributed by atoms with E-state index in [0.29, 0.717) is 106 Å². The first-order valence-corrected chi connectivity index (χ1v) is 9.72. The second-order valence-corrected chi connectivity index (χ2v) is 5.24. The van der Waals surface area contributed by atoms with Gasteiger partial charge in [-0.2, -0.15) is 0 Å². The summed E-state index contributed by atoms with van der Waals surface area (Å²) in [7, 11) is 0. The van der Waals surface area contributed by atoms with Crippen molar-refractivity contribution in [3.05, 3.63) is 0 Å². The van der Waals surface area contributed by atoms with Gasteiger partial charge in [0.25, 0.3) is 0 Å². The largest absolute Gasteiger partial charge is 0.379 e. The van der Waals surface area contributed by atoms with Crippen molar-refractivity contribution in [3.63, 3.8) is 0 Å². The topological polar surface area (TPSA) is 99.9 Å². The molecule has 0 fully saturated rings. The Hall–Kier alpha value is -0.960. The highest BCUT2D eigenvalue weighted by Crippen LogP contribution is 1.85. The molecule has 0 bridgehead atoms. The monoisotopic (exact) mass is 407 g/mol. The van der Waals surface area contributed by atoms with Crippen LogP contribution in [0.25, 0.3) is 0 Å². The van der Waals surface area contributed by atoms with Crippen LogP contribution in [0.2, 0.25) is 0 Å². The minimum absolute atomic E-state index is 0.328. The summed E-state index contributed by atoms with van der Waals surface area (Å²) in [5.74, 6) is 2.60. The van der Waals surface area contributed by atoms with Gasteiger partial charge >= 0.3 is 0 Å². The first-order chi connectivity index (χ1) is 13.9. The average molecular weight is 408 g/mol. The molecule has 0 spiro atoms. The number of hydrogen-bond acceptors (Lipinski definition) is 9. The van der Waals surface area contributed by atoms with Crippen molar-refractivity contribution in [1.82, 2.24) is 0 Å². The molecular formula is C19H37NO8. The summed E-state index contributed by atoms with van der Waals surface area (Å²) in [5, 5.41) is 0. The molecule has 0 amide bonds. The zero-order valence-corrected chi connectivity index (χ0v) is 17.2. The molecule has 9 nitrogen and oxygen atoms in total. The van der Waals surface area contributed by atoms with Crippen LogP contribution in [0, 0.1) is 12.0 Å². The summed E-state index contributed by atoms with van der Waals surface area (Å²) < 4.78 is 42.5. The van der Waals surface area contributed by atoms with Crippen molar-refractivity contribution < 1.29 is 37.9 Å². The van der Waals surface area contributed by atoms with E-state index in [1.54, 1.807) is 0 Å². The Morgan fingerprint density at radius 2 is 0.750 bits per heavy atom. The molecule has 0 unspecified atom stereocenters. The Morgan fingerprint density at radius 3 is 1.04 bits per heavy atom. The van der Waals surface area contributed by atoms with Gasteiger partial charge in [-0.25, -0.2) is 0 Å². The number of ether oxygens (including phenoxy) is 8. The molecule has 0 atom stereocenters. The molecular weight excluding hydrogens is 370 g/mol. The van der Waals surface area contributed by atoms with Gasteiger partial charge in [-0.1, -0.05) is 5.92 Å². The molecule has 28 heavy (non-hydrogen) atoms. The van der Waals surface area contributed by atoms with Crippen molar-refractivity contribution in [2.24, 2.45) is 5.73 Å². The van der Waals surface area contributed by atoms with Crippen LogP contribution in [0.5, 0.6) is 0 Å². The molecule has 0 aliphatic heterocycles. The molecule has 0 aliphatic rings. The molecule has 0 aromatic heterocycles. The summed E-state index contributed by atoms with van der Waals surface area (Å²) >= 11 is 0. The summed E-state index contributed by atoms with van der Waals surface area (Å²) in [6, 6.07) is 2.26. The van der Waals surface area contributed by atoms with Crippen molar-refractivity contribution in [3.8, 4) is 12.0 Å². The highest BCUT2D eigenvalue weighted by molar-refractivity contribution is 4.93. The second-order valence-electron chi connectivity index (χ2n) is 5.24. The lowest BCUT2D eigenvalue weighted by Crippen LogP contribution is -2.15. The van der Waals surface area contributed by atoms with Gasteiger partial charge in [0.05, 0.1) is 92.5 Å². The molecule has 9 heteroatoms. The Balaban J connectivity index is 2.98. The SMILES string of the molecule is CCOCCOCCOCCOCCOCCOCCOCCOCC#CN. The molecule has 0 heterocycles. The Morgan fingerprint density at radius 1 is 0.464 bits per heavy atom. The third kappa shape index (κ3) is 25.0. The standard InChI is InChI=1S/C19H37NO8/c1-2-21-6-7-23-10-11-25-14-15-27-18-19-28-17-16-26-13-12-24-9-8-22-5-3-4-20/h2,5-20H2,1H3. The Labute approximate surface area is 169 Å². The van der Waals surface area contributed by atoms with Crippen LogP contribution in [0.15, 0.2) is 0 Å². The van der Waals surface area contributed by atoms with Crippen molar-refractivity contribution in [1.29, 1.82) is 0 Å². The van der Waals surface area contributed by atoms with E-state index < -0.39 is 0 Å². The molecule has 0 aromatic carbocycles. The normalized spacial score (nSPS) is 10.8. The van der Waals surface area contributed by atoms with Gasteiger partial charge in [0.15, 0.2) is 0 Å². The van der Waals surface area contributed by atoms with E-state index in [-0.39, 0.29) is 0 Å². The average Bonchev–Trinajstić information content (AvgIpc) is 2.71. The lowest BCUT2D eigenvalue weighted by atomic mass is 10.6. The summed E-state index contributed by atoms with van der Waals surface area (Å²) in [5.41, 5.74) is 5.01. The van der Waals surface area contributed by atoms with E-state index in [1.807, 2.05) is 6.92 Å². The fourth-order valence-electron chi connectivity index (χ4n) is 1.75. The van der Waals surface area contributed by atoms with E-state index in [9.17, 15) is 0 Å². The van der Waals surface area contributed by atoms with Crippen molar-refractivity contribution >= 4 is 0 Å². The summed E-state index contributed by atoms with van der Waals surface area (Å²) in [6.45, 7) is 10.6. The fraction of sp³-hybridized carbons (Fsp3) is 0.895. The molecule has 0 rings (SSSR count). The van der Waals surface area contributed by atoms with Crippen LogP contribution in [-0.2, 0) is 37.9 Å². The molecule has 0 radical (unpaired) electrons. The molecule has 166 valence electrons. The smallest absolute Gasteiger partial charge is 0.109 e. The van der Waals surface area contributed by atoms with Gasteiger partial charge in [-0.05, 0) is 6.92 Å². The van der Waals surface area contributed by atoms with E-state index in [4.69, 9.17) is 43.6 Å². The van der Waals surface area contributed by atoms with Gasteiger partial charge in [-0.15, -0.1) is 0 Å². The number of rotatable bonds is 23. The van der Waals surface area contributed by atoms with Crippen LogP contribution < -0.4 is 5.73 Å². The van der Waals surface area contributed by atoms with Gasteiger partial charge < -0.3 is 43.6 Å². The zero-order valence-electron chi connectivity index (χ0n) is 17.2. The lowest BCUT2D eigenvalue weighted by molar-refractivity contribution is -0.0222. The minimum atomic E-state index is 0.328. The van der Waals surface area contributed by atoms with Gasteiger partial charge in [0.1, 0.15) is 6.61 Å². The summed E-state index contributed by atoms with van der Waals surface area (Å²) in [6.07, 6.45) is 0. The van der Waals surface area contributed by atoms with Gasteiger partial charge in [-0.3, -0.25) is 0 Å². The maximum Gasteiger partial charge on any atom is 0.109 e.